The quantitative estimate of drug-likeness (QED) is 0.478. The second-order valence-corrected chi connectivity index (χ2v) is 9.69. The van der Waals surface area contributed by atoms with Crippen LogP contribution in [0.15, 0.2) is 46.0 Å². The molecule has 3 heterocycles. The van der Waals surface area contributed by atoms with E-state index in [1.807, 2.05) is 36.1 Å². The average Bonchev–Trinajstić information content (AvgIpc) is 3.23. The fourth-order valence-corrected chi connectivity index (χ4v) is 4.90. The Hall–Kier alpha value is -3.02. The number of piperidine rings is 1. The van der Waals surface area contributed by atoms with Crippen LogP contribution in [0, 0.1) is 0 Å². The molecule has 2 unspecified atom stereocenters. The van der Waals surface area contributed by atoms with Gasteiger partial charge < -0.3 is 19.9 Å². The predicted octanol–water partition coefficient (Wildman–Crippen LogP) is 1.45. The van der Waals surface area contributed by atoms with Crippen LogP contribution in [0.25, 0.3) is 17.4 Å². The largest absolute Gasteiger partial charge is 0.612 e. The van der Waals surface area contributed by atoms with Gasteiger partial charge in [0.15, 0.2) is 17.0 Å². The Bertz CT molecular complexity index is 1280. The lowest BCUT2D eigenvalue weighted by Gasteiger charge is -2.31. The van der Waals surface area contributed by atoms with Gasteiger partial charge in [-0.05, 0) is 31.4 Å². The van der Waals surface area contributed by atoms with Crippen molar-refractivity contribution in [1.29, 1.82) is 0 Å². The summed E-state index contributed by atoms with van der Waals surface area (Å²) in [6.45, 7) is 3.38. The fraction of sp³-hybridized carbons (Fsp3) is 0.435. The Balaban J connectivity index is 1.73. The van der Waals surface area contributed by atoms with Gasteiger partial charge in [0.05, 0.1) is 0 Å². The van der Waals surface area contributed by atoms with Crippen LogP contribution < -0.4 is 26.6 Å². The maximum Gasteiger partial charge on any atom is 0.336 e. The first kappa shape index (κ1) is 24.1. The number of hydrogen-bond acceptors (Lipinski definition) is 7. The molecule has 0 amide bonds. The summed E-state index contributed by atoms with van der Waals surface area (Å²) >= 11 is -1.60. The van der Waals surface area contributed by atoms with E-state index in [0.717, 1.165) is 30.4 Å². The molecule has 1 aliphatic rings. The van der Waals surface area contributed by atoms with Gasteiger partial charge in [-0.3, -0.25) is 13.9 Å². The molecule has 182 valence electrons. The first-order valence-electron chi connectivity index (χ1n) is 11.3. The maximum atomic E-state index is 13.5. The van der Waals surface area contributed by atoms with E-state index < -0.39 is 22.4 Å². The molecule has 10 nitrogen and oxygen atoms in total. The highest BCUT2D eigenvalue weighted by atomic mass is 32.2. The smallest absolute Gasteiger partial charge is 0.336 e. The van der Waals surface area contributed by atoms with Crippen molar-refractivity contribution < 1.29 is 9.29 Å². The molecule has 34 heavy (non-hydrogen) atoms. The summed E-state index contributed by atoms with van der Waals surface area (Å²) in [6.07, 6.45) is 6.35. The third-order valence-electron chi connectivity index (χ3n) is 5.76. The van der Waals surface area contributed by atoms with E-state index in [0.29, 0.717) is 18.2 Å². The molecular weight excluding hydrogens is 456 g/mol. The molecule has 4 rings (SSSR count). The van der Waals surface area contributed by atoms with Crippen molar-refractivity contribution >= 4 is 34.5 Å². The van der Waals surface area contributed by atoms with Gasteiger partial charge in [-0.2, -0.15) is 4.98 Å². The zero-order chi connectivity index (χ0) is 24.2. The molecule has 3 aromatic rings. The average molecular weight is 487 g/mol. The van der Waals surface area contributed by atoms with Crippen LogP contribution in [0.2, 0.25) is 0 Å². The molecule has 0 aliphatic carbocycles. The number of aryl methyl sites for hydroxylation is 1. The number of nitrogens with two attached hydrogens (primary N) is 1. The van der Waals surface area contributed by atoms with Gasteiger partial charge in [-0.25, -0.2) is 9.36 Å². The van der Waals surface area contributed by atoms with Gasteiger partial charge in [0.2, 0.25) is 11.9 Å². The Morgan fingerprint density at radius 2 is 2.06 bits per heavy atom. The molecule has 1 aromatic carbocycles. The molecule has 0 spiro atoms. The fourth-order valence-electron chi connectivity index (χ4n) is 4.04. The van der Waals surface area contributed by atoms with Crippen LogP contribution in [0.1, 0.15) is 26.2 Å². The van der Waals surface area contributed by atoms with Gasteiger partial charge in [0, 0.05) is 43.6 Å². The van der Waals surface area contributed by atoms with Gasteiger partial charge in [-0.15, -0.1) is 0 Å². The number of fused-ring (bicyclic) bond motifs is 1. The number of ether oxygens (including phenoxy) is 1. The SMILES string of the molecule is CC/C=C/n1c(N2CCCC(N)C2)nc2c1c(=O)n(C[S+]([O-])COc1ccccc1)c(=O)n2C. The molecule has 1 fully saturated rings. The van der Waals surface area contributed by atoms with E-state index in [-0.39, 0.29) is 29.0 Å². The van der Waals surface area contributed by atoms with Crippen LogP contribution in [0.5, 0.6) is 5.75 Å². The van der Waals surface area contributed by atoms with Gasteiger partial charge in [0.1, 0.15) is 5.75 Å². The van der Waals surface area contributed by atoms with Crippen molar-refractivity contribution in [2.75, 3.05) is 23.9 Å². The van der Waals surface area contributed by atoms with Crippen molar-refractivity contribution in [3.8, 4) is 5.75 Å². The van der Waals surface area contributed by atoms with Crippen molar-refractivity contribution in [3.63, 3.8) is 0 Å². The van der Waals surface area contributed by atoms with Crippen LogP contribution >= 0.6 is 0 Å². The Kier molecular flexibility index (Phi) is 7.44. The lowest BCUT2D eigenvalue weighted by atomic mass is 10.1. The molecular formula is C23H30N6O4S. The molecule has 1 aliphatic heterocycles. The molecule has 2 aromatic heterocycles. The number of aromatic nitrogens is 4. The lowest BCUT2D eigenvalue weighted by molar-refractivity contribution is 0.374. The first-order chi connectivity index (χ1) is 16.4. The van der Waals surface area contributed by atoms with Crippen LogP contribution in [-0.2, 0) is 24.1 Å². The van der Waals surface area contributed by atoms with Gasteiger partial charge in [-0.1, -0.05) is 31.2 Å². The molecule has 0 bridgehead atoms. The van der Waals surface area contributed by atoms with Crippen LogP contribution in [-0.4, -0.2) is 48.3 Å². The Morgan fingerprint density at radius 1 is 1.29 bits per heavy atom. The molecule has 2 atom stereocenters. The van der Waals surface area contributed by atoms with Crippen molar-refractivity contribution in [2.45, 2.75) is 38.1 Å². The van der Waals surface area contributed by atoms with Crippen molar-refractivity contribution in [1.82, 2.24) is 18.7 Å². The lowest BCUT2D eigenvalue weighted by Crippen LogP contribution is -2.43. The molecule has 1 saturated heterocycles. The van der Waals surface area contributed by atoms with E-state index in [1.165, 1.54) is 4.57 Å². The number of imidazole rings is 1. The number of anilines is 1. The van der Waals surface area contributed by atoms with Crippen LogP contribution in [0.4, 0.5) is 5.95 Å². The first-order valence-corrected chi connectivity index (χ1v) is 12.8. The van der Waals surface area contributed by atoms with Crippen molar-refractivity contribution in [3.05, 3.63) is 57.2 Å². The normalized spacial score (nSPS) is 17.5. The summed E-state index contributed by atoms with van der Waals surface area (Å²) in [5, 5.41) is 0. The van der Waals surface area contributed by atoms with E-state index in [1.54, 1.807) is 29.9 Å². The maximum absolute atomic E-state index is 13.5. The highest BCUT2D eigenvalue weighted by Gasteiger charge is 2.26. The van der Waals surface area contributed by atoms with Gasteiger partial charge in [0.25, 0.3) is 5.56 Å². The van der Waals surface area contributed by atoms with Gasteiger partial charge >= 0.3 is 5.69 Å². The van der Waals surface area contributed by atoms with Crippen molar-refractivity contribution in [2.24, 2.45) is 12.8 Å². The molecule has 0 radical (unpaired) electrons. The molecule has 2 N–H and O–H groups in total. The minimum absolute atomic E-state index is 0.0182. The minimum atomic E-state index is -1.60. The standard InChI is InChI=1S/C23H30N6O4S/c1-3-4-13-28-19-20(25-22(28)27-12-8-9-17(24)14-27)26(2)23(31)29(21(19)30)15-34(32)16-33-18-10-6-5-7-11-18/h4-7,10-11,13,17H,3,8-9,12,14-16,24H2,1-2H3/b13-4+. The monoisotopic (exact) mass is 486 g/mol. The second-order valence-electron chi connectivity index (χ2n) is 8.31. The molecule has 11 heteroatoms. The molecule has 0 saturated carbocycles. The summed E-state index contributed by atoms with van der Waals surface area (Å²) in [5.41, 5.74) is 5.62. The number of hydrogen-bond donors (Lipinski definition) is 1. The summed E-state index contributed by atoms with van der Waals surface area (Å²) in [7, 11) is 1.57. The van der Waals surface area contributed by atoms with E-state index >= 15 is 0 Å². The minimum Gasteiger partial charge on any atom is -0.612 e. The second kappa shape index (κ2) is 10.5. The Labute approximate surface area is 200 Å². The zero-order valence-corrected chi connectivity index (χ0v) is 20.2. The topological polar surface area (TPSA) is 123 Å². The van der Waals surface area contributed by atoms with E-state index in [2.05, 4.69) is 4.98 Å². The number of para-hydroxylation sites is 1. The summed E-state index contributed by atoms with van der Waals surface area (Å²) in [6, 6.07) is 8.99. The van der Waals surface area contributed by atoms with E-state index in [4.69, 9.17) is 10.5 Å². The third kappa shape index (κ3) is 4.91. The highest BCUT2D eigenvalue weighted by molar-refractivity contribution is 7.90. The summed E-state index contributed by atoms with van der Waals surface area (Å²) < 4.78 is 22.3. The Morgan fingerprint density at radius 3 is 2.76 bits per heavy atom. The zero-order valence-electron chi connectivity index (χ0n) is 19.4. The number of allylic oxidation sites excluding steroid dienone is 1. The van der Waals surface area contributed by atoms with Crippen LogP contribution in [0.3, 0.4) is 0 Å². The highest BCUT2D eigenvalue weighted by Crippen LogP contribution is 2.23. The summed E-state index contributed by atoms with van der Waals surface area (Å²) in [4.78, 5) is 33.2. The number of nitrogens with zero attached hydrogens (tertiary/aromatic N) is 5. The predicted molar refractivity (Wildman–Crippen MR) is 134 cm³/mol. The summed E-state index contributed by atoms with van der Waals surface area (Å²) in [5.74, 6) is 0.733. The number of benzene rings is 1. The number of rotatable bonds is 8. The van der Waals surface area contributed by atoms with E-state index in [9.17, 15) is 14.1 Å². The third-order valence-corrected chi connectivity index (χ3v) is 6.69.